The van der Waals surface area contributed by atoms with E-state index in [9.17, 15) is 10.1 Å². The molecule has 2 atom stereocenters. The van der Waals surface area contributed by atoms with Gasteiger partial charge in [-0.2, -0.15) is 20.7 Å². The van der Waals surface area contributed by atoms with Gasteiger partial charge in [-0.1, -0.05) is 0 Å². The molecule has 0 spiro atoms. The molecule has 3 aromatic rings. The zero-order valence-corrected chi connectivity index (χ0v) is 17.9. The van der Waals surface area contributed by atoms with Crippen molar-refractivity contribution in [3.8, 4) is 12.1 Å². The van der Waals surface area contributed by atoms with Gasteiger partial charge in [0.1, 0.15) is 6.07 Å². The molecule has 3 fully saturated rings. The third-order valence-electron chi connectivity index (χ3n) is 7.51. The first-order valence-corrected chi connectivity index (χ1v) is 11.2. The van der Waals surface area contributed by atoms with E-state index < -0.39 is 0 Å². The van der Waals surface area contributed by atoms with Crippen LogP contribution < -0.4 is 0 Å². The molecule has 8 nitrogen and oxygen atoms in total. The number of carbonyl (C=O) groups excluding carboxylic acids is 1. The van der Waals surface area contributed by atoms with Crippen molar-refractivity contribution in [2.24, 2.45) is 22.4 Å². The summed E-state index contributed by atoms with van der Waals surface area (Å²) < 4.78 is 2.02. The first-order valence-electron chi connectivity index (χ1n) is 11.2. The highest BCUT2D eigenvalue weighted by molar-refractivity contribution is 5.83. The number of aromatic nitrogens is 3. The molecule has 162 valence electrons. The summed E-state index contributed by atoms with van der Waals surface area (Å²) in [6.45, 7) is 0.781. The van der Waals surface area contributed by atoms with Crippen molar-refractivity contribution in [1.82, 2.24) is 19.8 Å². The first kappa shape index (κ1) is 19.6. The molecule has 1 amide bonds. The van der Waals surface area contributed by atoms with Gasteiger partial charge in [0.05, 0.1) is 35.0 Å². The second kappa shape index (κ2) is 7.25. The Kier molecular flexibility index (Phi) is 4.31. The molecule has 8 heteroatoms. The van der Waals surface area contributed by atoms with Gasteiger partial charge in [0, 0.05) is 42.9 Å². The van der Waals surface area contributed by atoms with E-state index in [0.717, 1.165) is 42.3 Å². The number of hydrazone groups is 1. The van der Waals surface area contributed by atoms with Crippen LogP contribution in [0.3, 0.4) is 0 Å². The van der Waals surface area contributed by atoms with Crippen molar-refractivity contribution in [3.05, 3.63) is 59.5 Å². The van der Waals surface area contributed by atoms with Gasteiger partial charge in [0.25, 0.3) is 0 Å². The Hall–Kier alpha value is -4.04. The first-order chi connectivity index (χ1) is 16.1. The number of carbonyl (C=O) groups is 1. The predicted molar refractivity (Wildman–Crippen MR) is 119 cm³/mol. The highest BCUT2D eigenvalue weighted by Gasteiger charge is 2.59. The fourth-order valence-corrected chi connectivity index (χ4v) is 5.99. The average molecular weight is 435 g/mol. The van der Waals surface area contributed by atoms with Crippen molar-refractivity contribution in [2.45, 2.75) is 38.3 Å². The summed E-state index contributed by atoms with van der Waals surface area (Å²) in [5, 5.41) is 29.9. The minimum atomic E-state index is -0.198. The van der Waals surface area contributed by atoms with Gasteiger partial charge in [-0.15, -0.1) is 0 Å². The van der Waals surface area contributed by atoms with Crippen molar-refractivity contribution in [2.75, 3.05) is 0 Å². The second-order valence-corrected chi connectivity index (χ2v) is 9.52. The molecule has 1 aromatic carbocycles. The molecular weight excluding hydrogens is 414 g/mol. The van der Waals surface area contributed by atoms with Crippen LogP contribution in [0.1, 0.15) is 48.4 Å². The molecule has 3 aliphatic carbocycles. The summed E-state index contributed by atoms with van der Waals surface area (Å²) in [6, 6.07) is 11.5. The lowest BCUT2D eigenvalue weighted by Gasteiger charge is -2.38. The Morgan fingerprint density at radius 3 is 2.76 bits per heavy atom. The summed E-state index contributed by atoms with van der Waals surface area (Å²) in [6.07, 6.45) is 10.4. The van der Waals surface area contributed by atoms with Crippen LogP contribution in [0.4, 0.5) is 0 Å². The van der Waals surface area contributed by atoms with Crippen LogP contribution in [0.2, 0.25) is 0 Å². The van der Waals surface area contributed by atoms with E-state index in [2.05, 4.69) is 27.3 Å². The van der Waals surface area contributed by atoms with Gasteiger partial charge >= 0.3 is 0 Å². The minimum absolute atomic E-state index is 0.0399. The van der Waals surface area contributed by atoms with Gasteiger partial charge in [0.15, 0.2) is 0 Å². The number of hydrogen-bond donors (Lipinski definition) is 0. The lowest BCUT2D eigenvalue weighted by atomic mass is 9.69. The van der Waals surface area contributed by atoms with Gasteiger partial charge in [-0.25, -0.2) is 5.01 Å². The van der Waals surface area contributed by atoms with Gasteiger partial charge in [0.2, 0.25) is 5.91 Å². The largest absolute Gasteiger partial charge is 0.273 e. The Labute approximate surface area is 190 Å². The molecule has 0 saturated heterocycles. The molecule has 3 saturated carbocycles. The van der Waals surface area contributed by atoms with Crippen LogP contribution in [0.25, 0.3) is 10.9 Å². The Morgan fingerprint density at radius 1 is 1.09 bits per heavy atom. The number of nitriles is 2. The fourth-order valence-electron chi connectivity index (χ4n) is 5.99. The molecular formula is C25H21N7O. The Bertz CT molecular complexity index is 1390. The topological polar surface area (TPSA) is 111 Å². The van der Waals surface area contributed by atoms with E-state index in [0.29, 0.717) is 23.5 Å². The minimum Gasteiger partial charge on any atom is -0.273 e. The smallest absolute Gasteiger partial charge is 0.246 e. The number of fused-ring (bicyclic) bond motifs is 2. The summed E-state index contributed by atoms with van der Waals surface area (Å²) in [7, 11) is 0. The molecule has 0 N–H and O–H groups in total. The lowest BCUT2D eigenvalue weighted by Crippen LogP contribution is -2.35. The van der Waals surface area contributed by atoms with Crippen LogP contribution >= 0.6 is 0 Å². The third kappa shape index (κ3) is 3.10. The van der Waals surface area contributed by atoms with Crippen molar-refractivity contribution >= 4 is 23.0 Å². The lowest BCUT2D eigenvalue weighted by molar-refractivity contribution is -0.138. The van der Waals surface area contributed by atoms with E-state index in [1.807, 2.05) is 29.1 Å². The zero-order valence-electron chi connectivity index (χ0n) is 17.9. The maximum absolute atomic E-state index is 13.5. The zero-order chi connectivity index (χ0) is 22.6. The quantitative estimate of drug-likeness (QED) is 0.622. The van der Waals surface area contributed by atoms with Crippen molar-refractivity contribution < 1.29 is 4.79 Å². The number of hydrogen-bond acceptors (Lipinski definition) is 6. The number of benzene rings is 1. The van der Waals surface area contributed by atoms with Crippen LogP contribution in [-0.2, 0) is 11.3 Å². The number of nitrogens with zero attached hydrogens (tertiary/aromatic N) is 7. The molecule has 4 aliphatic rings. The monoisotopic (exact) mass is 435 g/mol. The molecule has 2 bridgehead atoms. The molecule has 0 radical (unpaired) electrons. The molecule has 1 unspecified atom stereocenters. The van der Waals surface area contributed by atoms with Crippen LogP contribution in [0.15, 0.2) is 48.0 Å². The van der Waals surface area contributed by atoms with E-state index in [4.69, 9.17) is 5.26 Å². The predicted octanol–water partition coefficient (Wildman–Crippen LogP) is 3.55. The maximum atomic E-state index is 13.5. The molecule has 7 rings (SSSR count). The van der Waals surface area contributed by atoms with Crippen LogP contribution in [-0.4, -0.2) is 31.9 Å². The van der Waals surface area contributed by atoms with Crippen LogP contribution in [0, 0.1) is 39.9 Å². The maximum Gasteiger partial charge on any atom is 0.246 e. The number of pyridine rings is 1. The molecule has 1 aliphatic heterocycles. The van der Waals surface area contributed by atoms with E-state index in [1.54, 1.807) is 23.5 Å². The molecule has 2 aromatic heterocycles. The van der Waals surface area contributed by atoms with Gasteiger partial charge < -0.3 is 0 Å². The number of rotatable bonds is 4. The summed E-state index contributed by atoms with van der Waals surface area (Å²) >= 11 is 0. The normalized spacial score (nSPS) is 27.3. The van der Waals surface area contributed by atoms with E-state index in [1.165, 1.54) is 6.20 Å². The fraction of sp³-hybridized carbons (Fsp3) is 0.360. The van der Waals surface area contributed by atoms with Gasteiger partial charge in [-0.05, 0) is 60.4 Å². The van der Waals surface area contributed by atoms with Gasteiger partial charge in [-0.3, -0.25) is 14.5 Å². The van der Waals surface area contributed by atoms with Crippen molar-refractivity contribution in [1.29, 1.82) is 10.5 Å². The molecule has 3 heterocycles. The number of amides is 1. The summed E-state index contributed by atoms with van der Waals surface area (Å²) in [5.74, 6) is 0.413. The SMILES string of the molecule is N#Cc1cncc(C2CC=NN2C(=O)[C@H]2CC3(Cn4ncc5cc(C#N)ccc54)CC2C3)c1. The van der Waals surface area contributed by atoms with Crippen LogP contribution in [0.5, 0.6) is 0 Å². The summed E-state index contributed by atoms with van der Waals surface area (Å²) in [4.78, 5) is 17.7. The highest BCUT2D eigenvalue weighted by Crippen LogP contribution is 2.63. The standard InChI is InChI=1S/C25H21N7O/c26-10-16-1-2-22-19(5-16)14-30-31(22)15-25-7-20(8-25)21(9-25)24(33)32-23(3-4-29-32)18-6-17(11-27)12-28-13-18/h1-2,4-6,12-14,20-21,23H,3,7-9,15H2/t20?,21-,23?,25?/m0/s1. The van der Waals surface area contributed by atoms with Crippen molar-refractivity contribution in [3.63, 3.8) is 0 Å². The Balaban J connectivity index is 1.19. The third-order valence-corrected chi connectivity index (χ3v) is 7.51. The van der Waals surface area contributed by atoms with E-state index in [-0.39, 0.29) is 23.3 Å². The second-order valence-electron chi connectivity index (χ2n) is 9.52. The summed E-state index contributed by atoms with van der Waals surface area (Å²) in [5.41, 5.74) is 3.07. The Morgan fingerprint density at radius 2 is 1.94 bits per heavy atom. The average Bonchev–Trinajstić information content (AvgIpc) is 3.61. The molecule has 33 heavy (non-hydrogen) atoms. The highest BCUT2D eigenvalue weighted by atomic mass is 16.2. The van der Waals surface area contributed by atoms with E-state index >= 15 is 0 Å².